The third-order valence-corrected chi connectivity index (χ3v) is 8.22. The molecule has 9 heteroatoms. The number of nitrogens with zero attached hydrogens (tertiary/aromatic N) is 6. The third kappa shape index (κ3) is 4.30. The average Bonchev–Trinajstić information content (AvgIpc) is 3.68. The molecule has 38 heavy (non-hydrogen) atoms. The number of aromatic hydroxyl groups is 1. The summed E-state index contributed by atoms with van der Waals surface area (Å²) in [5.74, 6) is 7.23. The van der Waals surface area contributed by atoms with E-state index in [0.717, 1.165) is 63.4 Å². The number of pyridine rings is 1. The Balaban J connectivity index is 1.08. The lowest BCUT2D eigenvalue weighted by Gasteiger charge is -2.43. The van der Waals surface area contributed by atoms with Crippen molar-refractivity contribution in [2.24, 2.45) is 0 Å². The van der Waals surface area contributed by atoms with Crippen LogP contribution in [0.2, 0.25) is 0 Å². The fraction of sp³-hybridized carbons (Fsp3) is 0.414. The molecule has 1 aliphatic carbocycles. The first-order valence-corrected chi connectivity index (χ1v) is 13.4. The fourth-order valence-electron chi connectivity index (χ4n) is 6.27. The Labute approximate surface area is 222 Å². The number of nitrogen functional groups attached to an aromatic ring is 1. The highest BCUT2D eigenvalue weighted by atomic mass is 16.5. The van der Waals surface area contributed by atoms with Crippen molar-refractivity contribution in [3.63, 3.8) is 0 Å². The molecule has 7 rings (SSSR count). The molecule has 3 aromatic rings. The number of anilines is 3. The summed E-state index contributed by atoms with van der Waals surface area (Å²) in [6.45, 7) is 4.22. The van der Waals surface area contributed by atoms with Crippen molar-refractivity contribution in [3.8, 4) is 28.8 Å². The van der Waals surface area contributed by atoms with Gasteiger partial charge in [-0.1, -0.05) is 18.1 Å². The van der Waals surface area contributed by atoms with Crippen LogP contribution in [0.4, 0.5) is 17.2 Å². The zero-order valence-corrected chi connectivity index (χ0v) is 21.2. The number of benzene rings is 1. The van der Waals surface area contributed by atoms with Crippen molar-refractivity contribution >= 4 is 17.2 Å². The first kappa shape index (κ1) is 23.3. The molecule has 4 aliphatic rings. The van der Waals surface area contributed by atoms with Crippen LogP contribution >= 0.6 is 0 Å². The van der Waals surface area contributed by atoms with Gasteiger partial charge in [0.05, 0.1) is 30.6 Å². The molecule has 0 spiro atoms. The van der Waals surface area contributed by atoms with Crippen LogP contribution in [0.1, 0.15) is 25.0 Å². The van der Waals surface area contributed by atoms with Crippen LogP contribution in [0.15, 0.2) is 48.7 Å². The van der Waals surface area contributed by atoms with Gasteiger partial charge in [0.1, 0.15) is 11.4 Å². The Morgan fingerprint density at radius 2 is 1.92 bits per heavy atom. The third-order valence-electron chi connectivity index (χ3n) is 8.22. The van der Waals surface area contributed by atoms with Crippen molar-refractivity contribution in [2.75, 3.05) is 48.3 Å². The quantitative estimate of drug-likeness (QED) is 0.514. The van der Waals surface area contributed by atoms with Gasteiger partial charge in [0.25, 0.3) is 0 Å². The lowest BCUT2D eigenvalue weighted by Crippen LogP contribution is -2.54. The van der Waals surface area contributed by atoms with E-state index in [2.05, 4.69) is 53.9 Å². The maximum absolute atomic E-state index is 10.3. The average molecular weight is 510 g/mol. The molecule has 0 radical (unpaired) electrons. The van der Waals surface area contributed by atoms with Crippen molar-refractivity contribution in [1.82, 2.24) is 20.1 Å². The summed E-state index contributed by atoms with van der Waals surface area (Å²) in [7, 11) is 0. The molecule has 2 aromatic heterocycles. The molecule has 5 heterocycles. The van der Waals surface area contributed by atoms with E-state index >= 15 is 0 Å². The van der Waals surface area contributed by atoms with E-state index in [4.69, 9.17) is 10.5 Å². The maximum Gasteiger partial charge on any atom is 0.169 e. The predicted octanol–water partition coefficient (Wildman–Crippen LogP) is 2.51. The van der Waals surface area contributed by atoms with Crippen LogP contribution in [-0.2, 0) is 4.74 Å². The van der Waals surface area contributed by atoms with Crippen molar-refractivity contribution in [3.05, 3.63) is 54.4 Å². The second-order valence-corrected chi connectivity index (χ2v) is 10.6. The van der Waals surface area contributed by atoms with Crippen LogP contribution in [0, 0.1) is 11.8 Å². The normalized spacial score (nSPS) is 26.0. The van der Waals surface area contributed by atoms with E-state index in [-0.39, 0.29) is 5.75 Å². The number of ether oxygens (including phenoxy) is 1. The molecular weight excluding hydrogens is 478 g/mol. The van der Waals surface area contributed by atoms with Gasteiger partial charge in [-0.25, -0.2) is 4.98 Å². The molecule has 3 N–H and O–H groups in total. The summed E-state index contributed by atoms with van der Waals surface area (Å²) >= 11 is 0. The number of hydrogen-bond donors (Lipinski definition) is 2. The van der Waals surface area contributed by atoms with Gasteiger partial charge in [-0.2, -0.15) is 0 Å². The maximum atomic E-state index is 10.3. The number of rotatable bonds is 4. The number of phenolic OH excluding ortho intramolecular Hbond substituents is 1. The number of nitrogens with two attached hydrogens (primary N) is 1. The Bertz CT molecular complexity index is 1410. The molecule has 3 aliphatic heterocycles. The second kappa shape index (κ2) is 9.46. The van der Waals surface area contributed by atoms with Gasteiger partial charge in [-0.3, -0.25) is 4.90 Å². The van der Waals surface area contributed by atoms with Crippen LogP contribution in [-0.4, -0.2) is 82.2 Å². The van der Waals surface area contributed by atoms with E-state index in [1.807, 2.05) is 24.4 Å². The number of para-hydroxylation sites is 1. The molecular formula is C29H31N7O2. The summed E-state index contributed by atoms with van der Waals surface area (Å²) < 4.78 is 5.69. The molecule has 4 unspecified atom stereocenters. The summed E-state index contributed by atoms with van der Waals surface area (Å²) in [4.78, 5) is 11.8. The topological polar surface area (TPSA) is 104 Å². The van der Waals surface area contributed by atoms with Crippen LogP contribution < -0.4 is 15.5 Å². The summed E-state index contributed by atoms with van der Waals surface area (Å²) in [5.41, 5.74) is 10.4. The molecule has 0 amide bonds. The number of fused-ring (bicyclic) bond motifs is 3. The van der Waals surface area contributed by atoms with Gasteiger partial charge in [0.2, 0.25) is 0 Å². The molecule has 9 nitrogen and oxygen atoms in total. The minimum Gasteiger partial charge on any atom is -0.507 e. The summed E-state index contributed by atoms with van der Waals surface area (Å²) in [6, 6.07) is 14.6. The molecule has 194 valence electrons. The SMILES string of the molecule is Nc1nnc(-c2ccccc2O)cc1N1CC2CCC(C1)N2c1ccnc(C#CCN2CCOC3CC32)c1. The van der Waals surface area contributed by atoms with Gasteiger partial charge in [0.15, 0.2) is 5.82 Å². The highest BCUT2D eigenvalue weighted by Gasteiger charge is 2.45. The first-order valence-electron chi connectivity index (χ1n) is 13.4. The summed E-state index contributed by atoms with van der Waals surface area (Å²) in [6.07, 6.45) is 5.68. The molecule has 2 bridgehead atoms. The van der Waals surface area contributed by atoms with E-state index in [0.29, 0.717) is 41.3 Å². The Kier molecular flexibility index (Phi) is 5.79. The lowest BCUT2D eigenvalue weighted by atomic mass is 10.1. The first-order chi connectivity index (χ1) is 18.6. The monoisotopic (exact) mass is 509 g/mol. The lowest BCUT2D eigenvalue weighted by molar-refractivity contribution is 0.0370. The minimum atomic E-state index is 0.181. The Morgan fingerprint density at radius 3 is 2.76 bits per heavy atom. The summed E-state index contributed by atoms with van der Waals surface area (Å²) in [5, 5.41) is 18.8. The highest BCUT2D eigenvalue weighted by molar-refractivity contribution is 5.74. The second-order valence-electron chi connectivity index (χ2n) is 10.6. The molecule has 1 saturated carbocycles. The van der Waals surface area contributed by atoms with E-state index in [1.54, 1.807) is 12.1 Å². The van der Waals surface area contributed by atoms with Crippen molar-refractivity contribution in [1.29, 1.82) is 0 Å². The van der Waals surface area contributed by atoms with Crippen LogP contribution in [0.25, 0.3) is 11.3 Å². The van der Waals surface area contributed by atoms with Gasteiger partial charge in [0, 0.05) is 55.2 Å². The number of aromatic nitrogens is 3. The van der Waals surface area contributed by atoms with Crippen molar-refractivity contribution in [2.45, 2.75) is 43.5 Å². The molecule has 1 aromatic carbocycles. The number of morpholine rings is 1. The van der Waals surface area contributed by atoms with E-state index in [9.17, 15) is 5.11 Å². The number of hydrogen-bond acceptors (Lipinski definition) is 9. The fourth-order valence-corrected chi connectivity index (χ4v) is 6.27. The Hall–Kier alpha value is -3.87. The van der Waals surface area contributed by atoms with Crippen LogP contribution in [0.5, 0.6) is 5.75 Å². The smallest absolute Gasteiger partial charge is 0.169 e. The van der Waals surface area contributed by atoms with Gasteiger partial charge in [-0.15, -0.1) is 10.2 Å². The minimum absolute atomic E-state index is 0.181. The standard InChI is InChI=1S/C29H31N7O2/c30-29-26(15-24(32-33-29)23-5-1-2-6-27(23)37)35-17-21-7-8-22(18-35)36(21)20-9-10-31-19(14-20)4-3-11-34-12-13-38-28-16-25(28)34/h1-2,5-6,9-10,14-15,21-22,25,28,37H,7-8,11-13,16-18H2,(H2,30,33). The van der Waals surface area contributed by atoms with E-state index < -0.39 is 0 Å². The van der Waals surface area contributed by atoms with Gasteiger partial charge < -0.3 is 25.4 Å². The molecule has 4 fully saturated rings. The van der Waals surface area contributed by atoms with Gasteiger partial charge >= 0.3 is 0 Å². The zero-order valence-electron chi connectivity index (χ0n) is 21.2. The van der Waals surface area contributed by atoms with Crippen molar-refractivity contribution < 1.29 is 9.84 Å². The zero-order chi connectivity index (χ0) is 25.6. The largest absolute Gasteiger partial charge is 0.507 e. The Morgan fingerprint density at radius 1 is 1.08 bits per heavy atom. The predicted molar refractivity (Wildman–Crippen MR) is 146 cm³/mol. The number of piperazine rings is 1. The van der Waals surface area contributed by atoms with E-state index in [1.165, 1.54) is 5.69 Å². The highest BCUT2D eigenvalue weighted by Crippen LogP contribution is 2.39. The molecule has 4 atom stereocenters. The van der Waals surface area contributed by atoms with Gasteiger partial charge in [-0.05, 0) is 55.5 Å². The van der Waals surface area contributed by atoms with Crippen LogP contribution in [0.3, 0.4) is 0 Å². The molecule has 3 saturated heterocycles. The number of phenols is 1.